The van der Waals surface area contributed by atoms with E-state index in [1.54, 1.807) is 0 Å². The highest BCUT2D eigenvalue weighted by molar-refractivity contribution is 7.75. The van der Waals surface area contributed by atoms with Gasteiger partial charge in [0.2, 0.25) is 0 Å². The molecule has 0 radical (unpaired) electrons. The summed E-state index contributed by atoms with van der Waals surface area (Å²) >= 11 is 0. The van der Waals surface area contributed by atoms with Crippen molar-refractivity contribution >= 4 is 7.26 Å². The lowest BCUT2D eigenvalue weighted by molar-refractivity contribution is 0.163. The van der Waals surface area contributed by atoms with Crippen LogP contribution in [0.2, 0.25) is 0 Å². The first-order valence-corrected chi connectivity index (χ1v) is 8.20. The summed E-state index contributed by atoms with van der Waals surface area (Å²) in [6, 6.07) is 0. The second-order valence-corrected chi connectivity index (χ2v) is 8.46. The summed E-state index contributed by atoms with van der Waals surface area (Å²) in [6.07, 6.45) is 6.98. The number of rotatable bonds is 8. The summed E-state index contributed by atoms with van der Waals surface area (Å²) in [5.41, 5.74) is 0. The minimum absolute atomic E-state index is 0.613. The maximum Gasteiger partial charge on any atom is 0.0827 e. The van der Waals surface area contributed by atoms with Crippen molar-refractivity contribution in [2.45, 2.75) is 34.1 Å². The number of hydrogen-bond donors (Lipinski definition) is 0. The summed E-state index contributed by atoms with van der Waals surface area (Å²) in [6.45, 7) is 11.0. The zero-order valence-electron chi connectivity index (χ0n) is 9.81. The van der Waals surface area contributed by atoms with Crippen molar-refractivity contribution < 1.29 is 4.74 Å². The average molecular weight is 205 g/mol. The zero-order valence-corrected chi connectivity index (χ0v) is 10.7. The molecular formula is C11H26OP+. The van der Waals surface area contributed by atoms with E-state index in [-0.39, 0.29) is 0 Å². The second kappa shape index (κ2) is 7.76. The maximum absolute atomic E-state index is 5.47. The van der Waals surface area contributed by atoms with E-state index in [4.69, 9.17) is 4.74 Å². The van der Waals surface area contributed by atoms with Crippen LogP contribution in [0.3, 0.4) is 0 Å². The third-order valence-corrected chi connectivity index (χ3v) is 8.16. The van der Waals surface area contributed by atoms with Crippen molar-refractivity contribution in [1.82, 2.24) is 0 Å². The lowest BCUT2D eigenvalue weighted by Crippen LogP contribution is -2.13. The first kappa shape index (κ1) is 13.4. The van der Waals surface area contributed by atoms with Gasteiger partial charge in [0, 0.05) is 13.9 Å². The van der Waals surface area contributed by atoms with Crippen LogP contribution in [-0.2, 0) is 4.74 Å². The largest absolute Gasteiger partial charge is 0.378 e. The predicted molar refractivity (Wildman–Crippen MR) is 64.5 cm³/mol. The molecule has 0 aromatic heterocycles. The smallest absolute Gasteiger partial charge is 0.0827 e. The van der Waals surface area contributed by atoms with Gasteiger partial charge in [-0.1, -0.05) is 6.92 Å². The Hall–Kier alpha value is 0.390. The van der Waals surface area contributed by atoms with E-state index in [1.807, 2.05) is 0 Å². The molecule has 0 spiro atoms. The lowest BCUT2D eigenvalue weighted by atomic mass is 10.6. The molecule has 0 saturated heterocycles. The molecule has 0 rings (SSSR count). The Kier molecular flexibility index (Phi) is 8.00. The zero-order chi connectivity index (χ0) is 10.2. The second-order valence-electron chi connectivity index (χ2n) is 3.62. The van der Waals surface area contributed by atoms with Crippen LogP contribution in [0.4, 0.5) is 0 Å². The molecular weight excluding hydrogens is 179 g/mol. The normalized spacial score (nSPS) is 12.0. The van der Waals surface area contributed by atoms with E-state index >= 15 is 0 Å². The van der Waals surface area contributed by atoms with Gasteiger partial charge in [0.1, 0.15) is 0 Å². The van der Waals surface area contributed by atoms with Crippen LogP contribution in [0.1, 0.15) is 34.1 Å². The molecule has 0 unspecified atom stereocenters. The van der Waals surface area contributed by atoms with Crippen LogP contribution in [0.5, 0.6) is 0 Å². The molecule has 2 heteroatoms. The number of hydrogen-bond acceptors (Lipinski definition) is 1. The standard InChI is InChI=1S/C11H26OP/c1-5-10-13(7-3,8-4)11-9-12-6-2/h5-11H2,1-4H3/q+1. The van der Waals surface area contributed by atoms with E-state index in [0.29, 0.717) is 0 Å². The quantitative estimate of drug-likeness (QED) is 0.435. The van der Waals surface area contributed by atoms with Gasteiger partial charge in [-0.2, -0.15) is 0 Å². The molecule has 0 heterocycles. The van der Waals surface area contributed by atoms with E-state index in [9.17, 15) is 0 Å². The SMILES string of the molecule is CCC[P+](CC)(CC)CCOCC. The lowest BCUT2D eigenvalue weighted by Gasteiger charge is -2.24. The average Bonchev–Trinajstić information content (AvgIpc) is 2.17. The van der Waals surface area contributed by atoms with E-state index in [0.717, 1.165) is 13.2 Å². The van der Waals surface area contributed by atoms with Gasteiger partial charge in [-0.25, -0.2) is 0 Å². The minimum atomic E-state index is -0.613. The topological polar surface area (TPSA) is 9.23 Å². The predicted octanol–water partition coefficient (Wildman–Crippen LogP) is 3.49. The molecule has 0 aromatic rings. The van der Waals surface area contributed by atoms with Crippen molar-refractivity contribution in [3.63, 3.8) is 0 Å². The summed E-state index contributed by atoms with van der Waals surface area (Å²) in [4.78, 5) is 0. The Morgan fingerprint density at radius 2 is 1.54 bits per heavy atom. The van der Waals surface area contributed by atoms with Gasteiger partial charge in [0.15, 0.2) is 0 Å². The van der Waals surface area contributed by atoms with Gasteiger partial charge < -0.3 is 4.74 Å². The molecule has 80 valence electrons. The Labute approximate surface area is 84.6 Å². The summed E-state index contributed by atoms with van der Waals surface area (Å²) in [7, 11) is -0.613. The van der Waals surface area contributed by atoms with Crippen molar-refractivity contribution in [3.8, 4) is 0 Å². The highest BCUT2D eigenvalue weighted by Gasteiger charge is 2.31. The Morgan fingerprint density at radius 1 is 0.923 bits per heavy atom. The Bertz CT molecular complexity index is 111. The highest BCUT2D eigenvalue weighted by Crippen LogP contribution is 2.58. The molecule has 1 nitrogen and oxygen atoms in total. The molecule has 0 N–H and O–H groups in total. The van der Waals surface area contributed by atoms with Crippen molar-refractivity contribution in [1.29, 1.82) is 0 Å². The molecule has 0 bridgehead atoms. The molecule has 13 heavy (non-hydrogen) atoms. The number of ether oxygens (including phenoxy) is 1. The molecule has 0 saturated carbocycles. The van der Waals surface area contributed by atoms with Crippen LogP contribution in [0.25, 0.3) is 0 Å². The Morgan fingerprint density at radius 3 is 1.92 bits per heavy atom. The van der Waals surface area contributed by atoms with Gasteiger partial charge in [-0.05, 0) is 27.2 Å². The first-order chi connectivity index (χ1) is 6.24. The summed E-state index contributed by atoms with van der Waals surface area (Å²) in [5.74, 6) is 0. The van der Waals surface area contributed by atoms with Gasteiger partial charge >= 0.3 is 0 Å². The van der Waals surface area contributed by atoms with Crippen LogP contribution in [0.15, 0.2) is 0 Å². The van der Waals surface area contributed by atoms with Gasteiger partial charge in [0.25, 0.3) is 0 Å². The van der Waals surface area contributed by atoms with Gasteiger partial charge in [-0.15, -0.1) is 0 Å². The fourth-order valence-electron chi connectivity index (χ4n) is 1.84. The Balaban J connectivity index is 3.89. The molecule has 0 fully saturated rings. The molecule has 0 amide bonds. The fourth-order valence-corrected chi connectivity index (χ4v) is 5.25. The van der Waals surface area contributed by atoms with Crippen LogP contribution in [-0.4, -0.2) is 37.9 Å². The van der Waals surface area contributed by atoms with E-state index in [1.165, 1.54) is 31.1 Å². The van der Waals surface area contributed by atoms with Crippen LogP contribution >= 0.6 is 7.26 Å². The highest BCUT2D eigenvalue weighted by atomic mass is 31.2. The van der Waals surface area contributed by atoms with Gasteiger partial charge in [-0.3, -0.25) is 0 Å². The summed E-state index contributed by atoms with van der Waals surface area (Å²) in [5, 5.41) is 0. The summed E-state index contributed by atoms with van der Waals surface area (Å²) < 4.78 is 5.47. The molecule has 0 aliphatic rings. The fraction of sp³-hybridized carbons (Fsp3) is 1.00. The van der Waals surface area contributed by atoms with Crippen LogP contribution in [0, 0.1) is 0 Å². The van der Waals surface area contributed by atoms with Crippen molar-refractivity contribution in [2.24, 2.45) is 0 Å². The van der Waals surface area contributed by atoms with Crippen molar-refractivity contribution in [3.05, 3.63) is 0 Å². The molecule has 0 aliphatic carbocycles. The van der Waals surface area contributed by atoms with Crippen molar-refractivity contribution in [2.75, 3.05) is 37.9 Å². The van der Waals surface area contributed by atoms with E-state index in [2.05, 4.69) is 27.7 Å². The monoisotopic (exact) mass is 205 g/mol. The molecule has 0 aliphatic heterocycles. The first-order valence-electron chi connectivity index (χ1n) is 5.67. The third-order valence-electron chi connectivity index (χ3n) is 2.95. The molecule has 0 atom stereocenters. The molecule has 0 aromatic carbocycles. The maximum atomic E-state index is 5.47. The van der Waals surface area contributed by atoms with E-state index < -0.39 is 7.26 Å². The van der Waals surface area contributed by atoms with Crippen LogP contribution < -0.4 is 0 Å². The third kappa shape index (κ3) is 4.98. The van der Waals surface area contributed by atoms with Gasteiger partial charge in [0.05, 0.1) is 31.3 Å². The minimum Gasteiger partial charge on any atom is -0.378 e.